The zero-order chi connectivity index (χ0) is 21.4. The van der Waals surface area contributed by atoms with Crippen LogP contribution in [0.5, 0.6) is 0 Å². The number of piperazine rings is 1. The van der Waals surface area contributed by atoms with Crippen LogP contribution in [-0.2, 0) is 17.6 Å². The Hall–Kier alpha value is -2.39. The quantitative estimate of drug-likeness (QED) is 0.442. The van der Waals surface area contributed by atoms with Crippen LogP contribution in [0.4, 0.5) is 0 Å². The summed E-state index contributed by atoms with van der Waals surface area (Å²) in [6, 6.07) is 3.38. The van der Waals surface area contributed by atoms with Gasteiger partial charge in [0.2, 0.25) is 5.91 Å². The summed E-state index contributed by atoms with van der Waals surface area (Å²) in [5, 5.41) is 2.07. The van der Waals surface area contributed by atoms with Crippen molar-refractivity contribution in [1.82, 2.24) is 19.8 Å². The van der Waals surface area contributed by atoms with Crippen LogP contribution in [0.2, 0.25) is 0 Å². The molecule has 1 fully saturated rings. The molecule has 1 aliphatic heterocycles. The third-order valence-corrected chi connectivity index (χ3v) is 8.18. The molecule has 0 N–H and O–H groups in total. The number of furan rings is 1. The van der Waals surface area contributed by atoms with Crippen molar-refractivity contribution in [3.05, 3.63) is 40.9 Å². The van der Waals surface area contributed by atoms with E-state index in [-0.39, 0.29) is 11.8 Å². The standard InChI is InChI=1S/C22H24N4O3S2/c1-14-4-5-15-17(11-14)31-21-19(15)20(23-13-24-21)30-12-18(27)25-6-8-26(9-7-25)22(28)16-3-2-10-29-16/h2-3,10,13-14H,4-9,11-12H2,1H3/t14-/m1/s1. The molecule has 1 aliphatic carbocycles. The minimum Gasteiger partial charge on any atom is -0.459 e. The second kappa shape index (κ2) is 8.63. The number of aromatic nitrogens is 2. The van der Waals surface area contributed by atoms with Gasteiger partial charge in [-0.1, -0.05) is 18.7 Å². The van der Waals surface area contributed by atoms with E-state index in [0.717, 1.165) is 28.1 Å². The van der Waals surface area contributed by atoms with Gasteiger partial charge in [0.1, 0.15) is 16.2 Å². The number of amides is 2. The van der Waals surface area contributed by atoms with Gasteiger partial charge in [-0.25, -0.2) is 9.97 Å². The first-order chi connectivity index (χ1) is 15.1. The zero-order valence-electron chi connectivity index (χ0n) is 17.4. The maximum Gasteiger partial charge on any atom is 0.289 e. The molecule has 162 valence electrons. The van der Waals surface area contributed by atoms with Crippen LogP contribution >= 0.6 is 23.1 Å². The summed E-state index contributed by atoms with van der Waals surface area (Å²) >= 11 is 3.28. The molecule has 0 bridgehead atoms. The Labute approximate surface area is 188 Å². The van der Waals surface area contributed by atoms with E-state index in [0.29, 0.717) is 43.6 Å². The van der Waals surface area contributed by atoms with Gasteiger partial charge in [-0.05, 0) is 42.9 Å². The first-order valence-electron chi connectivity index (χ1n) is 10.6. The largest absolute Gasteiger partial charge is 0.459 e. The van der Waals surface area contributed by atoms with Crippen LogP contribution in [0.1, 0.15) is 34.3 Å². The number of thiophene rings is 1. The van der Waals surface area contributed by atoms with Gasteiger partial charge in [0.05, 0.1) is 12.0 Å². The average Bonchev–Trinajstić information content (AvgIpc) is 3.45. The third-order valence-electron chi connectivity index (χ3n) is 6.04. The maximum absolute atomic E-state index is 12.8. The number of carbonyl (C=O) groups is 2. The molecule has 5 rings (SSSR count). The van der Waals surface area contributed by atoms with E-state index >= 15 is 0 Å². The zero-order valence-corrected chi connectivity index (χ0v) is 19.0. The minimum absolute atomic E-state index is 0.0829. The molecule has 3 aromatic heterocycles. The highest BCUT2D eigenvalue weighted by molar-refractivity contribution is 8.00. The van der Waals surface area contributed by atoms with E-state index < -0.39 is 0 Å². The molecule has 2 aliphatic rings. The number of rotatable bonds is 4. The Morgan fingerprint density at radius 3 is 2.81 bits per heavy atom. The molecule has 31 heavy (non-hydrogen) atoms. The van der Waals surface area contributed by atoms with Gasteiger partial charge >= 0.3 is 0 Å². The second-order valence-corrected chi connectivity index (χ2v) is 10.2. The number of thioether (sulfide) groups is 1. The van der Waals surface area contributed by atoms with Crippen LogP contribution < -0.4 is 0 Å². The van der Waals surface area contributed by atoms with Gasteiger partial charge in [-0.3, -0.25) is 9.59 Å². The topological polar surface area (TPSA) is 79.5 Å². The summed E-state index contributed by atoms with van der Waals surface area (Å²) in [6.07, 6.45) is 6.48. The molecule has 9 heteroatoms. The Morgan fingerprint density at radius 2 is 2.03 bits per heavy atom. The van der Waals surface area contributed by atoms with E-state index in [1.54, 1.807) is 34.7 Å². The SMILES string of the molecule is C[C@@H]1CCc2c(sc3ncnc(SCC(=O)N4CCN(C(=O)c5ccco5)CC4)c23)C1. The van der Waals surface area contributed by atoms with Crippen molar-refractivity contribution in [3.63, 3.8) is 0 Å². The van der Waals surface area contributed by atoms with E-state index in [4.69, 9.17) is 4.42 Å². The van der Waals surface area contributed by atoms with Crippen LogP contribution in [0.15, 0.2) is 34.2 Å². The highest BCUT2D eigenvalue weighted by Gasteiger charge is 2.27. The highest BCUT2D eigenvalue weighted by atomic mass is 32.2. The summed E-state index contributed by atoms with van der Waals surface area (Å²) in [7, 11) is 0. The molecule has 0 radical (unpaired) electrons. The lowest BCUT2D eigenvalue weighted by molar-refractivity contribution is -0.129. The number of fused-ring (bicyclic) bond motifs is 3. The average molecular weight is 457 g/mol. The highest BCUT2D eigenvalue weighted by Crippen LogP contribution is 2.40. The number of hydrogen-bond donors (Lipinski definition) is 0. The Bertz CT molecular complexity index is 1100. The molecule has 0 aromatic carbocycles. The van der Waals surface area contributed by atoms with Crippen LogP contribution in [-0.4, -0.2) is 63.5 Å². The van der Waals surface area contributed by atoms with Crippen molar-refractivity contribution in [2.75, 3.05) is 31.9 Å². The van der Waals surface area contributed by atoms with Crippen molar-refractivity contribution in [2.24, 2.45) is 5.92 Å². The first-order valence-corrected chi connectivity index (χ1v) is 12.4. The fourth-order valence-electron chi connectivity index (χ4n) is 4.29. The Kier molecular flexibility index (Phi) is 5.71. The van der Waals surface area contributed by atoms with E-state index in [9.17, 15) is 9.59 Å². The molecule has 0 spiro atoms. The van der Waals surface area contributed by atoms with Gasteiger partial charge in [0.15, 0.2) is 5.76 Å². The molecule has 0 unspecified atom stereocenters. The monoisotopic (exact) mass is 456 g/mol. The van der Waals surface area contributed by atoms with Crippen LogP contribution in [0, 0.1) is 5.92 Å². The van der Waals surface area contributed by atoms with Crippen molar-refractivity contribution < 1.29 is 14.0 Å². The molecule has 4 heterocycles. The van der Waals surface area contributed by atoms with Gasteiger partial charge in [0, 0.05) is 36.4 Å². The van der Waals surface area contributed by atoms with Gasteiger partial charge in [-0.2, -0.15) is 0 Å². The van der Waals surface area contributed by atoms with Crippen molar-refractivity contribution in [2.45, 2.75) is 31.2 Å². The molecule has 7 nitrogen and oxygen atoms in total. The first kappa shape index (κ1) is 20.5. The minimum atomic E-state index is -0.119. The number of hydrogen-bond acceptors (Lipinski definition) is 7. The van der Waals surface area contributed by atoms with E-state index in [1.165, 1.54) is 34.9 Å². The Morgan fingerprint density at radius 1 is 1.23 bits per heavy atom. The summed E-state index contributed by atoms with van der Waals surface area (Å²) in [4.78, 5) is 40.3. The number of nitrogens with zero attached hydrogens (tertiary/aromatic N) is 4. The predicted molar refractivity (Wildman–Crippen MR) is 121 cm³/mol. The molecular weight excluding hydrogens is 432 g/mol. The summed E-state index contributed by atoms with van der Waals surface area (Å²) in [6.45, 7) is 4.41. The lowest BCUT2D eigenvalue weighted by Crippen LogP contribution is -2.51. The van der Waals surface area contributed by atoms with Gasteiger partial charge in [-0.15, -0.1) is 11.3 Å². The predicted octanol–water partition coefficient (Wildman–Crippen LogP) is 3.49. The number of carbonyl (C=O) groups excluding carboxylic acids is 2. The van der Waals surface area contributed by atoms with E-state index in [1.807, 2.05) is 4.90 Å². The molecule has 1 atom stereocenters. The fourth-order valence-corrected chi connectivity index (χ4v) is 6.64. The van der Waals surface area contributed by atoms with Crippen LogP contribution in [0.3, 0.4) is 0 Å². The van der Waals surface area contributed by atoms with Crippen molar-refractivity contribution in [3.8, 4) is 0 Å². The fraction of sp³-hybridized carbons (Fsp3) is 0.455. The van der Waals surface area contributed by atoms with Crippen molar-refractivity contribution in [1.29, 1.82) is 0 Å². The molecule has 0 saturated carbocycles. The molecule has 3 aromatic rings. The summed E-state index contributed by atoms with van der Waals surface area (Å²) in [5.74, 6) is 1.37. The van der Waals surface area contributed by atoms with Gasteiger partial charge < -0.3 is 14.2 Å². The molecule has 1 saturated heterocycles. The lowest BCUT2D eigenvalue weighted by Gasteiger charge is -2.34. The Balaban J connectivity index is 1.22. The summed E-state index contributed by atoms with van der Waals surface area (Å²) < 4.78 is 5.20. The van der Waals surface area contributed by atoms with E-state index in [2.05, 4.69) is 16.9 Å². The van der Waals surface area contributed by atoms with Crippen molar-refractivity contribution >= 4 is 45.1 Å². The lowest BCUT2D eigenvalue weighted by atomic mass is 9.89. The normalized spacial score (nSPS) is 18.9. The van der Waals surface area contributed by atoms with Crippen LogP contribution in [0.25, 0.3) is 10.2 Å². The third kappa shape index (κ3) is 4.08. The maximum atomic E-state index is 12.8. The summed E-state index contributed by atoms with van der Waals surface area (Å²) in [5.41, 5.74) is 1.39. The molecule has 2 amide bonds. The second-order valence-electron chi connectivity index (χ2n) is 8.15. The smallest absolute Gasteiger partial charge is 0.289 e. The van der Waals surface area contributed by atoms with Gasteiger partial charge in [0.25, 0.3) is 5.91 Å². The number of aryl methyl sites for hydroxylation is 1. The molecular formula is C22H24N4O3S2.